The van der Waals surface area contributed by atoms with Crippen molar-refractivity contribution >= 4 is 47.5 Å². The van der Waals surface area contributed by atoms with Crippen molar-refractivity contribution in [1.82, 2.24) is 19.6 Å². The Balaban J connectivity index is 4.22. The van der Waals surface area contributed by atoms with Gasteiger partial charge in [-0.05, 0) is 73.0 Å². The molecular weight excluding hydrogens is 825 g/mol. The van der Waals surface area contributed by atoms with E-state index in [0.29, 0.717) is 0 Å². The van der Waals surface area contributed by atoms with Gasteiger partial charge in [0.1, 0.15) is 24.2 Å². The van der Waals surface area contributed by atoms with E-state index in [1.54, 1.807) is 55.4 Å². The Hall–Kier alpha value is -4.24. The number of hydrogen-bond donors (Lipinski definition) is 0. The molecule has 0 saturated carbocycles. The number of amides is 4. The second-order valence-electron chi connectivity index (χ2n) is 20.8. The lowest BCUT2D eigenvalue weighted by atomic mass is 9.98. The van der Waals surface area contributed by atoms with E-state index >= 15 is 0 Å². The summed E-state index contributed by atoms with van der Waals surface area (Å²) in [4.78, 5) is 120. The lowest BCUT2D eigenvalue weighted by molar-refractivity contribution is -0.180. The smallest absolute Gasteiger partial charge is 0.329 e. The Morgan fingerprint density at radius 1 is 0.312 bits per heavy atom. The first-order valence-electron chi connectivity index (χ1n) is 23.3. The molecule has 64 heavy (non-hydrogen) atoms. The molecule has 1 heterocycles. The van der Waals surface area contributed by atoms with Crippen LogP contribution in [-0.4, -0.2) is 144 Å². The molecule has 0 aromatic rings. The summed E-state index contributed by atoms with van der Waals surface area (Å²) in [5.41, 5.74) is 0. The van der Waals surface area contributed by atoms with Crippen LogP contribution in [0, 0.1) is 47.3 Å². The van der Waals surface area contributed by atoms with Crippen LogP contribution >= 0.6 is 0 Å². The molecule has 368 valence electrons. The van der Waals surface area contributed by atoms with E-state index in [1.807, 2.05) is 55.4 Å². The van der Waals surface area contributed by atoms with Gasteiger partial charge in [0.15, 0.2) is 24.4 Å². The van der Waals surface area contributed by atoms with Crippen LogP contribution in [0.4, 0.5) is 0 Å². The molecule has 0 N–H and O–H groups in total. The van der Waals surface area contributed by atoms with Crippen molar-refractivity contribution in [3.63, 3.8) is 0 Å². The summed E-state index contributed by atoms with van der Waals surface area (Å²) in [5, 5.41) is 0. The van der Waals surface area contributed by atoms with Crippen molar-refractivity contribution in [2.24, 2.45) is 47.3 Å². The van der Waals surface area contributed by atoms with Crippen LogP contribution in [0.5, 0.6) is 0 Å². The minimum absolute atomic E-state index is 0.129. The molecule has 1 fully saturated rings. The van der Waals surface area contributed by atoms with Gasteiger partial charge in [-0.15, -0.1) is 0 Å². The first-order valence-corrected chi connectivity index (χ1v) is 23.3. The zero-order valence-electron chi connectivity index (χ0n) is 42.8. The summed E-state index contributed by atoms with van der Waals surface area (Å²) >= 11 is 0. The van der Waals surface area contributed by atoms with E-state index in [2.05, 4.69) is 0 Å². The largest absolute Gasteiger partial charge is 0.450 e. The second kappa shape index (κ2) is 25.5. The molecule has 0 radical (unpaired) electrons. The van der Waals surface area contributed by atoms with Gasteiger partial charge in [0.2, 0.25) is 0 Å². The molecule has 0 aromatic heterocycles. The summed E-state index contributed by atoms with van der Waals surface area (Å²) in [6.07, 6.45) is -5.02. The van der Waals surface area contributed by atoms with Gasteiger partial charge in [-0.1, -0.05) is 111 Å². The van der Waals surface area contributed by atoms with E-state index in [1.165, 1.54) is 47.8 Å². The summed E-state index contributed by atoms with van der Waals surface area (Å²) in [6.45, 7) is 28.4. The molecule has 0 bridgehead atoms. The minimum Gasteiger partial charge on any atom is -0.450 e. The predicted octanol–water partition coefficient (Wildman–Crippen LogP) is 5.76. The number of likely N-dealkylation sites (N-methyl/N-ethyl adjacent to an activating group) is 4. The Kier molecular flexibility index (Phi) is 23.0. The zero-order valence-corrected chi connectivity index (χ0v) is 42.8. The van der Waals surface area contributed by atoms with Gasteiger partial charge in [0, 0.05) is 28.2 Å². The van der Waals surface area contributed by atoms with E-state index in [-0.39, 0.29) is 49.4 Å². The van der Waals surface area contributed by atoms with Crippen LogP contribution < -0.4 is 0 Å². The van der Waals surface area contributed by atoms with Crippen LogP contribution in [0.15, 0.2) is 0 Å². The van der Waals surface area contributed by atoms with Crippen molar-refractivity contribution in [3.8, 4) is 0 Å². The number of esters is 4. The van der Waals surface area contributed by atoms with Crippen molar-refractivity contribution in [3.05, 3.63) is 0 Å². The molecule has 1 aliphatic rings. The first-order chi connectivity index (χ1) is 29.4. The fourth-order valence-electron chi connectivity index (χ4n) is 7.55. The highest BCUT2D eigenvalue weighted by Crippen LogP contribution is 2.26. The van der Waals surface area contributed by atoms with Crippen LogP contribution in [0.3, 0.4) is 0 Å². The van der Waals surface area contributed by atoms with Gasteiger partial charge in [0.25, 0.3) is 23.6 Å². The summed E-state index contributed by atoms with van der Waals surface area (Å²) in [5.74, 6) is -9.05. The van der Waals surface area contributed by atoms with Crippen LogP contribution in [0.25, 0.3) is 0 Å². The highest BCUT2D eigenvalue weighted by Gasteiger charge is 2.45. The monoisotopic (exact) mass is 909 g/mol. The molecule has 1 aliphatic heterocycles. The molecule has 4 amide bonds. The Bertz CT molecular complexity index is 1380. The average Bonchev–Trinajstić information content (AvgIpc) is 3.18. The Morgan fingerprint density at radius 3 is 0.562 bits per heavy atom. The van der Waals surface area contributed by atoms with Crippen molar-refractivity contribution in [2.75, 3.05) is 28.2 Å². The number of nitrogens with zero attached hydrogens (tertiary/aromatic N) is 4. The maximum absolute atomic E-state index is 14.4. The highest BCUT2D eigenvalue weighted by molar-refractivity contribution is 5.94. The zero-order chi connectivity index (χ0) is 49.8. The molecule has 0 unspecified atom stereocenters. The molecule has 0 aromatic carbocycles. The second-order valence-corrected chi connectivity index (χ2v) is 20.8. The molecule has 1 rings (SSSR count). The Morgan fingerprint density at radius 2 is 0.453 bits per heavy atom. The number of cyclic esters (lactones) is 4. The molecular formula is C48H84N4O12. The lowest BCUT2D eigenvalue weighted by Gasteiger charge is -2.37. The number of rotatable bonds is 12. The summed E-state index contributed by atoms with van der Waals surface area (Å²) in [6, 6.07) is -4.83. The van der Waals surface area contributed by atoms with Crippen molar-refractivity contribution < 1.29 is 57.3 Å². The maximum Gasteiger partial charge on any atom is 0.329 e. The summed E-state index contributed by atoms with van der Waals surface area (Å²) < 4.78 is 24.0. The van der Waals surface area contributed by atoms with Crippen molar-refractivity contribution in [2.45, 2.75) is 185 Å². The third-order valence-corrected chi connectivity index (χ3v) is 11.5. The third kappa shape index (κ3) is 16.0. The highest BCUT2D eigenvalue weighted by atomic mass is 16.6. The fourth-order valence-corrected chi connectivity index (χ4v) is 7.55. The summed E-state index contributed by atoms with van der Waals surface area (Å²) in [7, 11) is 5.65. The van der Waals surface area contributed by atoms with E-state index in [9.17, 15) is 38.4 Å². The van der Waals surface area contributed by atoms with E-state index in [4.69, 9.17) is 18.9 Å². The van der Waals surface area contributed by atoms with Gasteiger partial charge in [-0.3, -0.25) is 19.2 Å². The molecule has 0 aliphatic carbocycles. The third-order valence-electron chi connectivity index (χ3n) is 11.5. The van der Waals surface area contributed by atoms with Crippen LogP contribution in [0.1, 0.15) is 136 Å². The molecule has 8 atom stereocenters. The quantitative estimate of drug-likeness (QED) is 0.171. The molecule has 0 spiro atoms. The topological polar surface area (TPSA) is 186 Å². The number of carbonyl (C=O) groups is 8. The number of ether oxygens (including phenoxy) is 4. The minimum atomic E-state index is -1.39. The molecule has 16 heteroatoms. The standard InChI is InChI=1S/C48H84N4O12/c1-25(2)21-33-45(57)61-38(30(11)12)42(54)50(18)35(23-27(5)6)47(59)63-40(32(15)16)44(56)52(20)36(24-28(7)8)48(60)64-39(31(13)14)43(55)51(19)34(22-26(3)4)46(58)62-37(29(9)10)41(53)49(33)17/h25-40H,21-24H2,1-20H3/t33-,34-,35-,36-,37+,38+,39+,40+/m0/s1. The lowest BCUT2D eigenvalue weighted by Crippen LogP contribution is -2.56. The number of hydrogen-bond acceptors (Lipinski definition) is 12. The van der Waals surface area contributed by atoms with Gasteiger partial charge in [-0.2, -0.15) is 0 Å². The van der Waals surface area contributed by atoms with Gasteiger partial charge in [0.05, 0.1) is 0 Å². The Labute approximate surface area is 384 Å². The average molecular weight is 909 g/mol. The first kappa shape index (κ1) is 57.8. The SMILES string of the molecule is CC(C)C[C@H]1C(=O)O[C@H](C(C)C)C(=O)N(C)[C@@H](CC(C)C)C(=O)O[C@H](C(C)C)C(=O)N(C)[C@@H](CC(C)C)C(=O)O[C@H](C(C)C)C(=O)N(C)[C@@H](CC(C)C)C(=O)O[C@H](C(C)C)C(=O)N1C. The van der Waals surface area contributed by atoms with Gasteiger partial charge in [-0.25, -0.2) is 19.2 Å². The normalized spacial score (nSPS) is 26.6. The van der Waals surface area contributed by atoms with Gasteiger partial charge >= 0.3 is 23.9 Å². The van der Waals surface area contributed by atoms with Crippen LogP contribution in [0.2, 0.25) is 0 Å². The number of carbonyl (C=O) groups excluding carboxylic acids is 8. The maximum atomic E-state index is 14.4. The van der Waals surface area contributed by atoms with E-state index < -0.39 is 120 Å². The fraction of sp³-hybridized carbons (Fsp3) is 0.833. The van der Waals surface area contributed by atoms with Crippen LogP contribution in [-0.2, 0) is 57.3 Å². The predicted molar refractivity (Wildman–Crippen MR) is 243 cm³/mol. The van der Waals surface area contributed by atoms with Crippen molar-refractivity contribution in [1.29, 1.82) is 0 Å². The van der Waals surface area contributed by atoms with E-state index in [0.717, 1.165) is 0 Å². The van der Waals surface area contributed by atoms with Gasteiger partial charge < -0.3 is 38.5 Å². The molecule has 1 saturated heterocycles. The molecule has 16 nitrogen and oxygen atoms in total.